The molecular formula is C23H35ClN2O4. The monoisotopic (exact) mass is 438 g/mol. The standard InChI is InChI=1S/C23H35ClN2O4/c1-23(2,3)30-22(27)25-11-9-19(10-12-25)26-14-21(16-28-4)29-15-20(26)13-17-5-7-18(24)8-6-17/h5-8,19-21H,9-16H2,1-4H3. The molecule has 1 aromatic rings. The predicted octanol–water partition coefficient (Wildman–Crippen LogP) is 4.00. The van der Waals surface area contributed by atoms with Crippen molar-refractivity contribution in [3.63, 3.8) is 0 Å². The van der Waals surface area contributed by atoms with Gasteiger partial charge in [0.05, 0.1) is 19.3 Å². The lowest BCUT2D eigenvalue weighted by molar-refractivity contribution is -0.106. The first-order valence-electron chi connectivity index (χ1n) is 10.8. The average Bonchev–Trinajstić information content (AvgIpc) is 2.70. The molecule has 2 aliphatic rings. The number of halogens is 1. The number of piperidine rings is 1. The van der Waals surface area contributed by atoms with Crippen LogP contribution in [-0.4, -0.2) is 79.6 Å². The fourth-order valence-electron chi connectivity index (χ4n) is 4.29. The highest BCUT2D eigenvalue weighted by atomic mass is 35.5. The molecule has 0 radical (unpaired) electrons. The molecule has 0 spiro atoms. The maximum Gasteiger partial charge on any atom is 0.410 e. The number of hydrogen-bond acceptors (Lipinski definition) is 5. The van der Waals surface area contributed by atoms with Crippen LogP contribution in [0.2, 0.25) is 5.02 Å². The summed E-state index contributed by atoms with van der Waals surface area (Å²) in [6.07, 6.45) is 2.67. The van der Waals surface area contributed by atoms with E-state index in [1.54, 1.807) is 7.11 Å². The van der Waals surface area contributed by atoms with Gasteiger partial charge in [-0.1, -0.05) is 23.7 Å². The fourth-order valence-corrected chi connectivity index (χ4v) is 4.42. The van der Waals surface area contributed by atoms with Gasteiger partial charge in [0.25, 0.3) is 0 Å². The molecule has 0 aromatic heterocycles. The predicted molar refractivity (Wildman–Crippen MR) is 118 cm³/mol. The van der Waals surface area contributed by atoms with Gasteiger partial charge < -0.3 is 19.1 Å². The number of methoxy groups -OCH3 is 1. The minimum Gasteiger partial charge on any atom is -0.444 e. The summed E-state index contributed by atoms with van der Waals surface area (Å²) in [6, 6.07) is 8.79. The Labute approximate surface area is 185 Å². The second-order valence-electron chi connectivity index (χ2n) is 9.29. The first-order valence-corrected chi connectivity index (χ1v) is 11.2. The van der Waals surface area contributed by atoms with Gasteiger partial charge in [-0.05, 0) is 57.7 Å². The molecule has 0 aliphatic carbocycles. The summed E-state index contributed by atoms with van der Waals surface area (Å²) in [6.45, 7) is 9.29. The third-order valence-electron chi connectivity index (χ3n) is 5.73. The number of hydrogen-bond donors (Lipinski definition) is 0. The molecule has 6 nitrogen and oxygen atoms in total. The molecule has 2 saturated heterocycles. The van der Waals surface area contributed by atoms with Gasteiger partial charge >= 0.3 is 6.09 Å². The third-order valence-corrected chi connectivity index (χ3v) is 5.98. The van der Waals surface area contributed by atoms with E-state index in [9.17, 15) is 4.79 Å². The van der Waals surface area contributed by atoms with Crippen LogP contribution >= 0.6 is 11.6 Å². The highest BCUT2D eigenvalue weighted by Gasteiger charge is 2.36. The quantitative estimate of drug-likeness (QED) is 0.695. The molecule has 168 valence electrons. The van der Waals surface area contributed by atoms with Crippen LogP contribution < -0.4 is 0 Å². The zero-order valence-corrected chi connectivity index (χ0v) is 19.4. The zero-order valence-electron chi connectivity index (χ0n) is 18.6. The molecular weight excluding hydrogens is 404 g/mol. The van der Waals surface area contributed by atoms with Crippen LogP contribution in [0, 0.1) is 0 Å². The molecule has 2 unspecified atom stereocenters. The van der Waals surface area contributed by atoms with Gasteiger partial charge in [0.2, 0.25) is 0 Å². The Hall–Kier alpha value is -1.34. The number of rotatable bonds is 5. The number of morpholine rings is 1. The van der Waals surface area contributed by atoms with Crippen molar-refractivity contribution in [3.8, 4) is 0 Å². The van der Waals surface area contributed by atoms with E-state index in [2.05, 4.69) is 17.0 Å². The SMILES string of the molecule is COCC1CN(C2CCN(C(=O)OC(C)(C)C)CC2)C(Cc2ccc(Cl)cc2)CO1. The first-order chi connectivity index (χ1) is 14.2. The van der Waals surface area contributed by atoms with Crippen molar-refractivity contribution < 1.29 is 19.0 Å². The van der Waals surface area contributed by atoms with E-state index in [0.717, 1.165) is 43.9 Å². The van der Waals surface area contributed by atoms with Crippen LogP contribution in [0.4, 0.5) is 4.79 Å². The Bertz CT molecular complexity index is 683. The Morgan fingerprint density at radius 3 is 2.47 bits per heavy atom. The minimum atomic E-state index is -0.463. The number of likely N-dealkylation sites (tertiary alicyclic amines) is 1. The van der Waals surface area contributed by atoms with Crippen molar-refractivity contribution in [2.24, 2.45) is 0 Å². The van der Waals surface area contributed by atoms with Crippen molar-refractivity contribution in [1.29, 1.82) is 0 Å². The summed E-state index contributed by atoms with van der Waals surface area (Å²) in [5.41, 5.74) is 0.796. The first kappa shape index (κ1) is 23.3. The van der Waals surface area contributed by atoms with Crippen LogP contribution in [0.1, 0.15) is 39.2 Å². The van der Waals surface area contributed by atoms with E-state index < -0.39 is 5.60 Å². The van der Waals surface area contributed by atoms with E-state index in [1.807, 2.05) is 37.8 Å². The molecule has 2 aliphatic heterocycles. The Balaban J connectivity index is 1.63. The minimum absolute atomic E-state index is 0.0837. The van der Waals surface area contributed by atoms with Crippen LogP contribution in [0.5, 0.6) is 0 Å². The number of ether oxygens (including phenoxy) is 3. The summed E-state index contributed by atoms with van der Waals surface area (Å²) in [4.78, 5) is 16.8. The molecule has 3 rings (SSSR count). The van der Waals surface area contributed by atoms with Crippen molar-refractivity contribution in [1.82, 2.24) is 9.80 Å². The summed E-state index contributed by atoms with van der Waals surface area (Å²) in [5, 5.41) is 0.755. The largest absolute Gasteiger partial charge is 0.444 e. The second-order valence-corrected chi connectivity index (χ2v) is 9.73. The third kappa shape index (κ3) is 6.58. The molecule has 0 saturated carbocycles. The fraction of sp³-hybridized carbons (Fsp3) is 0.696. The molecule has 2 heterocycles. The smallest absolute Gasteiger partial charge is 0.410 e. The highest BCUT2D eigenvalue weighted by Crippen LogP contribution is 2.26. The van der Waals surface area contributed by atoms with Crippen molar-refractivity contribution in [2.75, 3.05) is 40.0 Å². The molecule has 2 atom stereocenters. The highest BCUT2D eigenvalue weighted by molar-refractivity contribution is 6.30. The van der Waals surface area contributed by atoms with Gasteiger partial charge in [0, 0.05) is 43.9 Å². The maximum atomic E-state index is 12.4. The van der Waals surface area contributed by atoms with Crippen molar-refractivity contribution in [2.45, 2.75) is 63.8 Å². The average molecular weight is 439 g/mol. The summed E-state index contributed by atoms with van der Waals surface area (Å²) < 4.78 is 17.0. The van der Waals surface area contributed by atoms with Crippen LogP contribution in [-0.2, 0) is 20.6 Å². The Morgan fingerprint density at radius 2 is 1.87 bits per heavy atom. The summed E-state index contributed by atoms with van der Waals surface area (Å²) in [7, 11) is 1.72. The lowest BCUT2D eigenvalue weighted by Gasteiger charge is -2.46. The number of carbonyl (C=O) groups is 1. The van der Waals surface area contributed by atoms with Gasteiger partial charge in [-0.2, -0.15) is 0 Å². The van der Waals surface area contributed by atoms with Crippen LogP contribution in [0.25, 0.3) is 0 Å². The number of nitrogens with zero attached hydrogens (tertiary/aromatic N) is 2. The van der Waals surface area contributed by atoms with E-state index in [1.165, 1.54) is 5.56 Å². The molecule has 7 heteroatoms. The summed E-state index contributed by atoms with van der Waals surface area (Å²) >= 11 is 6.05. The topological polar surface area (TPSA) is 51.2 Å². The van der Waals surface area contributed by atoms with Gasteiger partial charge in [-0.25, -0.2) is 4.79 Å². The Morgan fingerprint density at radius 1 is 1.20 bits per heavy atom. The molecule has 0 N–H and O–H groups in total. The van der Waals surface area contributed by atoms with E-state index in [4.69, 9.17) is 25.8 Å². The van der Waals surface area contributed by atoms with Gasteiger partial charge in [-0.15, -0.1) is 0 Å². The van der Waals surface area contributed by atoms with Crippen LogP contribution in [0.3, 0.4) is 0 Å². The van der Waals surface area contributed by atoms with Crippen LogP contribution in [0.15, 0.2) is 24.3 Å². The summed E-state index contributed by atoms with van der Waals surface area (Å²) in [5.74, 6) is 0. The number of carbonyl (C=O) groups excluding carboxylic acids is 1. The van der Waals surface area contributed by atoms with Gasteiger partial charge in [0.15, 0.2) is 0 Å². The molecule has 0 bridgehead atoms. The normalized spacial score (nSPS) is 24.1. The van der Waals surface area contributed by atoms with Crippen molar-refractivity contribution >= 4 is 17.7 Å². The number of amides is 1. The lowest BCUT2D eigenvalue weighted by Crippen LogP contribution is -2.58. The molecule has 1 aromatic carbocycles. The second kappa shape index (κ2) is 10.3. The van der Waals surface area contributed by atoms with Gasteiger partial charge in [0.1, 0.15) is 5.60 Å². The lowest BCUT2D eigenvalue weighted by atomic mass is 9.96. The Kier molecular flexibility index (Phi) is 8.02. The van der Waals surface area contributed by atoms with Gasteiger partial charge in [-0.3, -0.25) is 4.90 Å². The van der Waals surface area contributed by atoms with E-state index in [0.29, 0.717) is 25.3 Å². The number of benzene rings is 1. The molecule has 1 amide bonds. The zero-order chi connectivity index (χ0) is 21.7. The van der Waals surface area contributed by atoms with E-state index >= 15 is 0 Å². The molecule has 2 fully saturated rings. The maximum absolute atomic E-state index is 12.4. The van der Waals surface area contributed by atoms with Crippen molar-refractivity contribution in [3.05, 3.63) is 34.9 Å². The van der Waals surface area contributed by atoms with E-state index in [-0.39, 0.29) is 12.2 Å². The molecule has 30 heavy (non-hydrogen) atoms.